The second-order valence-electron chi connectivity index (χ2n) is 15.3. The molecule has 1 aromatic heterocycles. The maximum Gasteiger partial charge on any atom is 0.136 e. The van der Waals surface area contributed by atoms with Crippen molar-refractivity contribution in [1.82, 2.24) is 9.47 Å². The minimum absolute atomic E-state index is 0.635. The molecule has 1 aliphatic heterocycles. The molecular weight excluding hydrogens is 727 g/mol. The fraction of sp³-hybridized carbons (Fsp3) is 0.113. The van der Waals surface area contributed by atoms with Crippen molar-refractivity contribution in [2.24, 2.45) is 4.99 Å². The number of rotatable bonds is 9. The van der Waals surface area contributed by atoms with Gasteiger partial charge in [-0.15, -0.1) is 0 Å². The number of allylic oxidation sites excluding steroid dienone is 1. The smallest absolute Gasteiger partial charge is 0.136 e. The first kappa shape index (κ1) is 37.0. The maximum absolute atomic E-state index is 5.85. The van der Waals surface area contributed by atoms with E-state index >= 15 is 0 Å². The van der Waals surface area contributed by atoms with E-state index in [4.69, 9.17) is 9.73 Å². The number of para-hydroxylation sites is 1. The summed E-state index contributed by atoms with van der Waals surface area (Å²) in [5.74, 6) is 1.59. The number of ether oxygens (including phenoxy) is 1. The third kappa shape index (κ3) is 6.32. The zero-order chi connectivity index (χ0) is 40.0. The second kappa shape index (κ2) is 15.1. The molecule has 286 valence electrons. The summed E-state index contributed by atoms with van der Waals surface area (Å²) >= 11 is 0. The van der Waals surface area contributed by atoms with Crippen LogP contribution in [-0.2, 0) is 4.74 Å². The Kier molecular flexibility index (Phi) is 9.63. The fourth-order valence-electron chi connectivity index (χ4n) is 8.62. The van der Waals surface area contributed by atoms with Gasteiger partial charge in [-0.25, -0.2) is 4.99 Å². The molecule has 0 saturated heterocycles. The first-order valence-corrected chi connectivity index (χ1v) is 22.1. The number of aliphatic imine (C=N–C) groups is 1. The number of benzene rings is 7. The molecule has 0 saturated carbocycles. The van der Waals surface area contributed by atoms with Crippen molar-refractivity contribution < 1.29 is 4.74 Å². The summed E-state index contributed by atoms with van der Waals surface area (Å²) in [6.07, 6.45) is 11.2. The van der Waals surface area contributed by atoms with E-state index in [9.17, 15) is 0 Å². The van der Waals surface area contributed by atoms with E-state index in [1.165, 1.54) is 53.5 Å². The summed E-state index contributed by atoms with van der Waals surface area (Å²) < 4.78 is 8.27. The third-order valence-electron chi connectivity index (χ3n) is 11.5. The van der Waals surface area contributed by atoms with E-state index in [0.29, 0.717) is 6.54 Å². The van der Waals surface area contributed by atoms with Gasteiger partial charge in [0.05, 0.1) is 18.1 Å². The van der Waals surface area contributed by atoms with Gasteiger partial charge in [-0.3, -0.25) is 0 Å². The molecule has 0 unspecified atom stereocenters. The highest BCUT2D eigenvalue weighted by Crippen LogP contribution is 2.69. The number of hydrogen-bond acceptors (Lipinski definition) is 2. The molecule has 0 fully saturated rings. The van der Waals surface area contributed by atoms with E-state index in [2.05, 4.69) is 175 Å². The summed E-state index contributed by atoms with van der Waals surface area (Å²) in [5.41, 5.74) is 11.2. The number of likely N-dealkylation sites (N-methyl/N-ethyl adjacent to an activating group) is 1. The van der Waals surface area contributed by atoms with Crippen LogP contribution in [0.2, 0.25) is 0 Å². The van der Waals surface area contributed by atoms with Gasteiger partial charge in [0.25, 0.3) is 0 Å². The lowest BCUT2D eigenvalue weighted by atomic mass is 9.99. The molecule has 5 heteroatoms. The number of nitrogens with zero attached hydrogens (tertiary/aromatic N) is 3. The van der Waals surface area contributed by atoms with Gasteiger partial charge in [-0.1, -0.05) is 140 Å². The molecule has 2 heterocycles. The highest BCUT2D eigenvalue weighted by Gasteiger charge is 2.33. The van der Waals surface area contributed by atoms with Crippen LogP contribution < -0.4 is 0 Å². The van der Waals surface area contributed by atoms with Crippen molar-refractivity contribution in [2.45, 2.75) is 16.7 Å². The maximum atomic E-state index is 5.85. The normalized spacial score (nSPS) is 14.4. The van der Waals surface area contributed by atoms with Crippen LogP contribution in [0.5, 0.6) is 0 Å². The summed E-state index contributed by atoms with van der Waals surface area (Å²) in [6.45, 7) is 6.63. The van der Waals surface area contributed by atoms with Crippen LogP contribution in [0, 0.1) is 0 Å². The van der Waals surface area contributed by atoms with Crippen molar-refractivity contribution in [2.75, 3.05) is 33.2 Å². The average Bonchev–Trinajstić information content (AvgIpc) is 3.71. The minimum atomic E-state index is -1.19. The van der Waals surface area contributed by atoms with Crippen molar-refractivity contribution in [3.05, 3.63) is 192 Å². The predicted molar refractivity (Wildman–Crippen MR) is 250 cm³/mol. The predicted octanol–water partition coefficient (Wildman–Crippen LogP) is 13.5. The molecule has 0 radical (unpaired) electrons. The SMILES string of the molecule is C=Cc1ccccc1/C=C\CN(C)C(=N/C(=C(\C)OC)c1ccccc1)c1cccc(-n2c3ccccc3c3cc4c5c(ccc4cc32)-c2ccccc2S5(C)C)c1. The molecule has 7 aromatic carbocycles. The Labute approximate surface area is 343 Å². The standard InChI is InChI=1S/C53H47N3OS/c1-7-37-19-11-12-20-38(37)24-18-32-55(3)53(54-51(36(2)57-4)39-21-9-8-10-22-39)41-23-17-25-42(33-41)56-48-28-15-13-26-43(48)47-35-46-40(34-49(47)56)30-31-45-44-27-14-16-29-50(44)58(5,6)52(45)46/h7-31,33-35H,1,32H2,2-6H3/b24-18-,51-36+,54-53?. The molecule has 58 heavy (non-hydrogen) atoms. The van der Waals surface area contributed by atoms with Crippen LogP contribution >= 0.6 is 10.0 Å². The van der Waals surface area contributed by atoms with Crippen molar-refractivity contribution in [1.29, 1.82) is 0 Å². The Morgan fingerprint density at radius 2 is 1.43 bits per heavy atom. The Morgan fingerprint density at radius 3 is 2.24 bits per heavy atom. The van der Waals surface area contributed by atoms with Gasteiger partial charge in [0.1, 0.15) is 17.3 Å². The summed E-state index contributed by atoms with van der Waals surface area (Å²) in [5, 5.41) is 5.12. The number of aromatic nitrogens is 1. The van der Waals surface area contributed by atoms with Crippen LogP contribution in [0.4, 0.5) is 0 Å². The number of methoxy groups -OCH3 is 1. The zero-order valence-electron chi connectivity index (χ0n) is 33.7. The molecular formula is C53H47N3OS. The number of amidine groups is 1. The van der Waals surface area contributed by atoms with Gasteiger partial charge in [0.15, 0.2) is 0 Å². The van der Waals surface area contributed by atoms with Gasteiger partial charge in [0, 0.05) is 51.0 Å². The Hall–Kier alpha value is -6.56. The average molecular weight is 774 g/mol. The Morgan fingerprint density at radius 1 is 0.707 bits per heavy atom. The summed E-state index contributed by atoms with van der Waals surface area (Å²) in [6, 6.07) is 54.7. The lowest BCUT2D eigenvalue weighted by Crippen LogP contribution is -2.28. The molecule has 1 aliphatic rings. The van der Waals surface area contributed by atoms with Crippen molar-refractivity contribution in [3.63, 3.8) is 0 Å². The van der Waals surface area contributed by atoms with Crippen molar-refractivity contribution >= 4 is 66.3 Å². The quantitative estimate of drug-likeness (QED) is 0.0831. The van der Waals surface area contributed by atoms with Crippen LogP contribution in [-0.4, -0.2) is 48.5 Å². The molecule has 0 aliphatic carbocycles. The van der Waals surface area contributed by atoms with E-state index in [0.717, 1.165) is 45.2 Å². The van der Waals surface area contributed by atoms with E-state index in [-0.39, 0.29) is 0 Å². The fourth-order valence-corrected chi connectivity index (χ4v) is 11.4. The van der Waals surface area contributed by atoms with Crippen LogP contribution in [0.3, 0.4) is 0 Å². The molecule has 8 aromatic rings. The first-order chi connectivity index (χ1) is 28.3. The monoisotopic (exact) mass is 773 g/mol. The molecule has 4 nitrogen and oxygen atoms in total. The summed E-state index contributed by atoms with van der Waals surface area (Å²) in [7, 11) is 2.62. The highest BCUT2D eigenvalue weighted by atomic mass is 32.3. The molecule has 0 spiro atoms. The van der Waals surface area contributed by atoms with Gasteiger partial charge in [0.2, 0.25) is 0 Å². The van der Waals surface area contributed by atoms with Gasteiger partial charge < -0.3 is 14.2 Å². The van der Waals surface area contributed by atoms with Crippen LogP contribution in [0.15, 0.2) is 185 Å². The lowest BCUT2D eigenvalue weighted by Gasteiger charge is -2.29. The molecule has 0 N–H and O–H groups in total. The number of fused-ring (bicyclic) bond motifs is 8. The Bertz CT molecular complexity index is 2990. The van der Waals surface area contributed by atoms with E-state index in [1.807, 2.05) is 37.3 Å². The largest absolute Gasteiger partial charge is 0.499 e. The number of hydrogen-bond donors (Lipinski definition) is 0. The Balaban J connectivity index is 1.21. The second-order valence-corrected chi connectivity index (χ2v) is 18.8. The molecule has 0 amide bonds. The third-order valence-corrected chi connectivity index (χ3v) is 14.4. The van der Waals surface area contributed by atoms with Gasteiger partial charge in [-0.05, 0) is 88.9 Å². The van der Waals surface area contributed by atoms with Crippen molar-refractivity contribution in [3.8, 4) is 16.8 Å². The zero-order valence-corrected chi connectivity index (χ0v) is 34.6. The van der Waals surface area contributed by atoms with Crippen LogP contribution in [0.25, 0.3) is 67.2 Å². The van der Waals surface area contributed by atoms with Gasteiger partial charge >= 0.3 is 0 Å². The molecule has 0 bridgehead atoms. The minimum Gasteiger partial charge on any atom is -0.499 e. The van der Waals surface area contributed by atoms with Crippen LogP contribution in [0.1, 0.15) is 29.2 Å². The van der Waals surface area contributed by atoms with E-state index < -0.39 is 10.0 Å². The van der Waals surface area contributed by atoms with E-state index in [1.54, 1.807) is 7.11 Å². The highest BCUT2D eigenvalue weighted by molar-refractivity contribution is 8.33. The lowest BCUT2D eigenvalue weighted by molar-refractivity contribution is 0.295. The first-order valence-electron chi connectivity index (χ1n) is 19.7. The molecule has 9 rings (SSSR count). The summed E-state index contributed by atoms with van der Waals surface area (Å²) in [4.78, 5) is 10.6. The topological polar surface area (TPSA) is 29.8 Å². The molecule has 0 atom stereocenters. The van der Waals surface area contributed by atoms with Gasteiger partial charge in [-0.2, -0.15) is 10.0 Å².